The van der Waals surface area contributed by atoms with Crippen molar-refractivity contribution in [3.05, 3.63) is 101 Å². The third-order valence-electron chi connectivity index (χ3n) is 7.46. The highest BCUT2D eigenvalue weighted by Crippen LogP contribution is 2.32. The largest absolute Gasteiger partial charge is 0.491 e. The number of aryl methyl sites for hydroxylation is 2. The molecule has 0 aliphatic carbocycles. The zero-order valence-electron chi connectivity index (χ0n) is 27.1. The molecule has 244 valence electrons. The van der Waals surface area contributed by atoms with Gasteiger partial charge in [0.1, 0.15) is 12.4 Å². The predicted octanol–water partition coefficient (Wildman–Crippen LogP) is 7.74. The molecule has 0 spiro atoms. The Kier molecular flexibility index (Phi) is 13.3. The van der Waals surface area contributed by atoms with E-state index < -0.39 is 16.6 Å². The minimum atomic E-state index is -1.24. The third kappa shape index (κ3) is 9.71. The molecular weight excluding hydrogens is 603 g/mol. The average Bonchev–Trinajstić information content (AvgIpc) is 3.41. The molecule has 0 bridgehead atoms. The van der Waals surface area contributed by atoms with Gasteiger partial charge >= 0.3 is 0 Å². The fourth-order valence-corrected chi connectivity index (χ4v) is 6.12. The van der Waals surface area contributed by atoms with E-state index in [0.29, 0.717) is 40.7 Å². The van der Waals surface area contributed by atoms with E-state index in [2.05, 4.69) is 11.9 Å². The molecule has 0 saturated heterocycles. The molecule has 4 aromatic rings. The zero-order chi connectivity index (χ0) is 32.9. The number of nitrogens with zero attached hydrogens (tertiary/aromatic N) is 2. The van der Waals surface area contributed by atoms with Gasteiger partial charge in [0.05, 0.1) is 47.5 Å². The molecule has 0 saturated carbocycles. The Hall–Kier alpha value is -4.08. The lowest BCUT2D eigenvalue weighted by atomic mass is 10.0. The van der Waals surface area contributed by atoms with Crippen LogP contribution >= 0.6 is 0 Å². The van der Waals surface area contributed by atoms with Crippen LogP contribution in [0.1, 0.15) is 56.1 Å². The third-order valence-corrected chi connectivity index (χ3v) is 8.80. The molecule has 46 heavy (non-hydrogen) atoms. The van der Waals surface area contributed by atoms with E-state index >= 15 is 4.39 Å². The van der Waals surface area contributed by atoms with Gasteiger partial charge in [0.15, 0.2) is 17.3 Å². The normalized spacial score (nSPS) is 12.0. The number of halogens is 1. The first-order valence-electron chi connectivity index (χ1n) is 15.8. The molecule has 1 heterocycles. The smallest absolute Gasteiger partial charge is 0.166 e. The lowest BCUT2D eigenvalue weighted by Crippen LogP contribution is -2.07. The number of rotatable bonds is 18. The molecule has 0 unspecified atom stereocenters. The SMILES string of the molecule is CCCCOCCOc1ccc(-c2cc(F)c(OCC)c(/C=C/C(=O)Cc3ccc([S@](=O)Cc4c(C)ncn4CC)cc3)c2)cc1. The van der Waals surface area contributed by atoms with Crippen molar-refractivity contribution in [3.63, 3.8) is 0 Å². The Labute approximate surface area is 273 Å². The van der Waals surface area contributed by atoms with E-state index in [-0.39, 0.29) is 24.6 Å². The van der Waals surface area contributed by atoms with Crippen molar-refractivity contribution in [2.24, 2.45) is 0 Å². The molecule has 9 heteroatoms. The van der Waals surface area contributed by atoms with Crippen LogP contribution in [-0.2, 0) is 39.0 Å². The standard InChI is InChI=1S/C37H43FN2O5S/c1-5-8-19-43-20-21-45-33-15-12-29(13-16-33)31-23-30(37(44-7-3)35(38)24-31)11-14-32(41)22-28-9-17-34(18-10-28)46(42)25-36-27(4)39-26-40(36)6-2/h9-18,23-24,26H,5-8,19-22,25H2,1-4H3/b14-11+/t46-/m1/s1. The Morgan fingerprint density at radius 1 is 0.957 bits per heavy atom. The molecule has 1 atom stereocenters. The van der Waals surface area contributed by atoms with Crippen molar-refractivity contribution in [1.29, 1.82) is 0 Å². The van der Waals surface area contributed by atoms with E-state index in [1.54, 1.807) is 31.5 Å². The zero-order valence-corrected chi connectivity index (χ0v) is 27.9. The number of imidazole rings is 1. The van der Waals surface area contributed by atoms with Crippen molar-refractivity contribution >= 4 is 22.7 Å². The Morgan fingerprint density at radius 2 is 1.72 bits per heavy atom. The van der Waals surface area contributed by atoms with Crippen LogP contribution < -0.4 is 9.47 Å². The first-order valence-corrected chi connectivity index (χ1v) is 17.1. The van der Waals surface area contributed by atoms with E-state index in [0.717, 1.165) is 48.5 Å². The summed E-state index contributed by atoms with van der Waals surface area (Å²) < 4.78 is 47.1. The van der Waals surface area contributed by atoms with Gasteiger partial charge in [-0.2, -0.15) is 0 Å². The van der Waals surface area contributed by atoms with Crippen LogP contribution in [0.5, 0.6) is 11.5 Å². The number of allylic oxidation sites excluding steroid dienone is 1. The molecule has 1 aromatic heterocycles. The van der Waals surface area contributed by atoms with Gasteiger partial charge in [-0.3, -0.25) is 9.00 Å². The lowest BCUT2D eigenvalue weighted by Gasteiger charge is -2.12. The highest BCUT2D eigenvalue weighted by molar-refractivity contribution is 7.84. The predicted molar refractivity (Wildman–Crippen MR) is 181 cm³/mol. The van der Waals surface area contributed by atoms with Crippen LogP contribution in [0.2, 0.25) is 0 Å². The fraction of sp³-hybridized carbons (Fsp3) is 0.351. The van der Waals surface area contributed by atoms with Gasteiger partial charge in [-0.05, 0) is 92.4 Å². The Bertz CT molecular complexity index is 1630. The second-order valence-corrected chi connectivity index (χ2v) is 12.3. The Balaban J connectivity index is 1.40. The van der Waals surface area contributed by atoms with Crippen LogP contribution in [0, 0.1) is 12.7 Å². The Morgan fingerprint density at radius 3 is 2.41 bits per heavy atom. The summed E-state index contributed by atoms with van der Waals surface area (Å²) in [6.07, 6.45) is 7.09. The van der Waals surface area contributed by atoms with E-state index in [1.165, 1.54) is 12.1 Å². The summed E-state index contributed by atoms with van der Waals surface area (Å²) in [5, 5.41) is 0. The minimum absolute atomic E-state index is 0.102. The summed E-state index contributed by atoms with van der Waals surface area (Å²) in [4.78, 5) is 17.9. The van der Waals surface area contributed by atoms with Crippen LogP contribution in [0.4, 0.5) is 4.39 Å². The van der Waals surface area contributed by atoms with Crippen molar-refractivity contribution in [1.82, 2.24) is 9.55 Å². The minimum Gasteiger partial charge on any atom is -0.491 e. The van der Waals surface area contributed by atoms with Gasteiger partial charge in [-0.15, -0.1) is 0 Å². The van der Waals surface area contributed by atoms with Crippen LogP contribution in [-0.4, -0.2) is 46.0 Å². The second kappa shape index (κ2) is 17.6. The molecular formula is C37H43FN2O5S. The van der Waals surface area contributed by atoms with Gasteiger partial charge < -0.3 is 18.8 Å². The molecule has 0 aliphatic heterocycles. The summed E-state index contributed by atoms with van der Waals surface area (Å²) in [5.41, 5.74) is 4.57. The second-order valence-electron chi connectivity index (χ2n) is 10.8. The molecule has 0 fully saturated rings. The number of hydrogen-bond acceptors (Lipinski definition) is 6. The summed E-state index contributed by atoms with van der Waals surface area (Å²) in [6, 6.07) is 17.9. The summed E-state index contributed by atoms with van der Waals surface area (Å²) in [6.45, 7) is 10.6. The quantitative estimate of drug-likeness (QED) is 0.0813. The van der Waals surface area contributed by atoms with Gasteiger partial charge in [-0.1, -0.05) is 37.6 Å². The van der Waals surface area contributed by atoms with Crippen molar-refractivity contribution in [2.75, 3.05) is 26.4 Å². The number of unbranched alkanes of at least 4 members (excludes halogenated alkanes) is 1. The summed E-state index contributed by atoms with van der Waals surface area (Å²) in [7, 11) is -1.24. The highest BCUT2D eigenvalue weighted by Gasteiger charge is 2.14. The summed E-state index contributed by atoms with van der Waals surface area (Å²) in [5.74, 6) is 0.537. The number of benzene rings is 3. The van der Waals surface area contributed by atoms with Crippen molar-refractivity contribution in [2.45, 2.75) is 64.2 Å². The first-order chi connectivity index (χ1) is 22.3. The highest BCUT2D eigenvalue weighted by atomic mass is 32.2. The molecule has 0 aliphatic rings. The van der Waals surface area contributed by atoms with Crippen LogP contribution in [0.15, 0.2) is 78.0 Å². The van der Waals surface area contributed by atoms with Gasteiger partial charge in [0.2, 0.25) is 0 Å². The number of ether oxygens (including phenoxy) is 3. The number of aromatic nitrogens is 2. The number of hydrogen-bond donors (Lipinski definition) is 0. The van der Waals surface area contributed by atoms with Crippen LogP contribution in [0.3, 0.4) is 0 Å². The van der Waals surface area contributed by atoms with E-state index in [1.807, 2.05) is 60.9 Å². The van der Waals surface area contributed by atoms with Crippen molar-refractivity contribution < 1.29 is 27.6 Å². The molecule has 0 amide bonds. The monoisotopic (exact) mass is 646 g/mol. The first kappa shape index (κ1) is 34.8. The summed E-state index contributed by atoms with van der Waals surface area (Å²) >= 11 is 0. The van der Waals surface area contributed by atoms with Gasteiger partial charge in [0.25, 0.3) is 0 Å². The van der Waals surface area contributed by atoms with Gasteiger partial charge in [0, 0.05) is 30.0 Å². The molecule has 4 rings (SSSR count). The fourth-order valence-electron chi connectivity index (χ4n) is 4.89. The molecule has 3 aromatic carbocycles. The number of ketones is 1. The van der Waals surface area contributed by atoms with E-state index in [9.17, 15) is 9.00 Å². The maximum absolute atomic E-state index is 15.2. The lowest BCUT2D eigenvalue weighted by molar-refractivity contribution is -0.113. The maximum Gasteiger partial charge on any atom is 0.166 e. The molecule has 7 nitrogen and oxygen atoms in total. The van der Waals surface area contributed by atoms with Crippen molar-refractivity contribution in [3.8, 4) is 22.6 Å². The van der Waals surface area contributed by atoms with Crippen LogP contribution in [0.25, 0.3) is 17.2 Å². The number of carbonyl (C=O) groups is 1. The number of carbonyl (C=O) groups excluding carboxylic acids is 1. The van der Waals surface area contributed by atoms with E-state index in [4.69, 9.17) is 14.2 Å². The molecule has 0 N–H and O–H groups in total. The van der Waals surface area contributed by atoms with Gasteiger partial charge in [-0.25, -0.2) is 9.37 Å². The topological polar surface area (TPSA) is 79.7 Å². The average molecular weight is 647 g/mol. The maximum atomic E-state index is 15.2. The molecule has 0 radical (unpaired) electrons.